The zero-order valence-corrected chi connectivity index (χ0v) is 9.77. The molecule has 0 saturated heterocycles. The zero-order valence-electron chi connectivity index (χ0n) is 8.06. The second-order valence-electron chi connectivity index (χ2n) is 2.76. The Morgan fingerprint density at radius 2 is 1.50 bits per heavy atom. The first-order valence-corrected chi connectivity index (χ1v) is 5.72. The summed E-state index contributed by atoms with van der Waals surface area (Å²) in [5.74, 6) is 0. The van der Waals surface area contributed by atoms with Gasteiger partial charge in [-0.05, 0) is 19.1 Å². The van der Waals surface area contributed by atoms with E-state index >= 15 is 0 Å². The van der Waals surface area contributed by atoms with Crippen LogP contribution in [0.2, 0.25) is 0 Å². The second-order valence-corrected chi connectivity index (χ2v) is 4.69. The molecule has 0 aromatic heterocycles. The number of halogens is 3. The molecule has 0 heterocycles. The van der Waals surface area contributed by atoms with E-state index in [1.807, 2.05) is 24.3 Å². The molecule has 0 aliphatic rings. The lowest BCUT2D eigenvalue weighted by Crippen LogP contribution is -2.21. The summed E-state index contributed by atoms with van der Waals surface area (Å²) >= 11 is 4.13. The highest BCUT2D eigenvalue weighted by atomic mass is 32.2. The molecule has 0 unspecified atom stereocenters. The first-order chi connectivity index (χ1) is 7.04. The van der Waals surface area contributed by atoms with Gasteiger partial charge in [0.2, 0.25) is 0 Å². The molecule has 1 aromatic rings. The lowest BCUT2D eigenvalue weighted by molar-refractivity contribution is -0.0510. The van der Waals surface area contributed by atoms with Crippen molar-refractivity contribution in [3.63, 3.8) is 0 Å². The van der Waals surface area contributed by atoms with Crippen LogP contribution in [-0.2, 0) is 10.1 Å². The number of benzene rings is 1. The molecule has 1 N–H and O–H groups in total. The Hall–Kier alpha value is -0.730. The molecule has 8 heteroatoms. The number of hydrogen-bond acceptors (Lipinski definition) is 3. The fourth-order valence-electron chi connectivity index (χ4n) is 0.545. The van der Waals surface area contributed by atoms with Crippen molar-refractivity contribution in [1.82, 2.24) is 0 Å². The van der Waals surface area contributed by atoms with Crippen LogP contribution in [0.5, 0.6) is 0 Å². The molecular formula is C8H9F3O3S2. The van der Waals surface area contributed by atoms with Gasteiger partial charge in [-0.2, -0.15) is 21.6 Å². The fourth-order valence-corrected chi connectivity index (χ4v) is 0.694. The molecule has 0 saturated carbocycles. The van der Waals surface area contributed by atoms with Crippen LogP contribution in [0.15, 0.2) is 29.2 Å². The van der Waals surface area contributed by atoms with Gasteiger partial charge in [0.25, 0.3) is 0 Å². The van der Waals surface area contributed by atoms with E-state index in [4.69, 9.17) is 13.0 Å². The van der Waals surface area contributed by atoms with E-state index in [0.717, 1.165) is 4.90 Å². The predicted octanol–water partition coefficient (Wildman–Crippen LogP) is 2.68. The summed E-state index contributed by atoms with van der Waals surface area (Å²) in [4.78, 5) is 1.02. The van der Waals surface area contributed by atoms with E-state index in [1.165, 1.54) is 5.56 Å². The molecule has 0 amide bonds. The Labute approximate surface area is 96.4 Å². The average Bonchev–Trinajstić information content (AvgIpc) is 2.08. The standard InChI is InChI=1S/C7H8S.CHF3O3S/c1-6-2-4-7(8)5-3-6;2-1(3,4)8(5,6)7/h2-5,8H,1H3;(H,5,6,7). The lowest BCUT2D eigenvalue weighted by Gasteiger charge is -1.97. The highest BCUT2D eigenvalue weighted by Gasteiger charge is 2.44. The summed E-state index contributed by atoms with van der Waals surface area (Å²) in [6, 6.07) is 8.06. The van der Waals surface area contributed by atoms with Crippen molar-refractivity contribution in [1.29, 1.82) is 0 Å². The topological polar surface area (TPSA) is 54.4 Å². The molecular weight excluding hydrogens is 265 g/mol. The molecule has 0 fully saturated rings. The number of rotatable bonds is 0. The molecule has 0 spiro atoms. The van der Waals surface area contributed by atoms with Crippen molar-refractivity contribution >= 4 is 22.7 Å². The molecule has 1 aromatic carbocycles. The largest absolute Gasteiger partial charge is 0.522 e. The van der Waals surface area contributed by atoms with Gasteiger partial charge in [-0.3, -0.25) is 4.55 Å². The summed E-state index contributed by atoms with van der Waals surface area (Å²) in [7, 11) is -5.84. The van der Waals surface area contributed by atoms with Crippen molar-refractivity contribution in [3.05, 3.63) is 29.8 Å². The minimum Gasteiger partial charge on any atom is -0.279 e. The van der Waals surface area contributed by atoms with E-state index in [-0.39, 0.29) is 0 Å². The molecule has 92 valence electrons. The second kappa shape index (κ2) is 5.55. The Bertz CT molecular complexity index is 402. The Morgan fingerprint density at radius 1 is 1.19 bits per heavy atom. The summed E-state index contributed by atoms with van der Waals surface area (Å²) in [5, 5.41) is 0. The maximum absolute atomic E-state index is 10.7. The summed E-state index contributed by atoms with van der Waals surface area (Å²) in [6.07, 6.45) is 0. The highest BCUT2D eigenvalue weighted by Crippen LogP contribution is 2.20. The number of hydrogen-bond donors (Lipinski definition) is 2. The monoisotopic (exact) mass is 274 g/mol. The van der Waals surface area contributed by atoms with Crippen LogP contribution in [0, 0.1) is 6.92 Å². The van der Waals surface area contributed by atoms with E-state index in [1.54, 1.807) is 0 Å². The average molecular weight is 274 g/mol. The normalized spacial score (nSPS) is 11.6. The molecule has 0 aliphatic carbocycles. The van der Waals surface area contributed by atoms with Crippen molar-refractivity contribution in [2.45, 2.75) is 17.3 Å². The van der Waals surface area contributed by atoms with E-state index in [9.17, 15) is 13.2 Å². The lowest BCUT2D eigenvalue weighted by atomic mass is 10.2. The fraction of sp³-hybridized carbons (Fsp3) is 0.250. The van der Waals surface area contributed by atoms with Crippen LogP contribution >= 0.6 is 12.6 Å². The molecule has 16 heavy (non-hydrogen) atoms. The molecule has 3 nitrogen and oxygen atoms in total. The third kappa shape index (κ3) is 5.99. The highest BCUT2D eigenvalue weighted by molar-refractivity contribution is 7.86. The molecule has 0 atom stereocenters. The van der Waals surface area contributed by atoms with Crippen molar-refractivity contribution in [3.8, 4) is 0 Å². The molecule has 0 aliphatic heterocycles. The van der Waals surface area contributed by atoms with Gasteiger partial charge in [-0.15, -0.1) is 12.6 Å². The van der Waals surface area contributed by atoms with Gasteiger partial charge in [0.15, 0.2) is 0 Å². The van der Waals surface area contributed by atoms with Crippen molar-refractivity contribution < 1.29 is 26.1 Å². The van der Waals surface area contributed by atoms with Crippen LogP contribution in [-0.4, -0.2) is 18.5 Å². The number of thiol groups is 1. The van der Waals surface area contributed by atoms with E-state index in [0.29, 0.717) is 0 Å². The summed E-state index contributed by atoms with van der Waals surface area (Å²) in [6.45, 7) is 2.06. The number of aryl methyl sites for hydroxylation is 1. The van der Waals surface area contributed by atoms with Crippen LogP contribution in [0.4, 0.5) is 13.2 Å². The van der Waals surface area contributed by atoms with Crippen LogP contribution in [0.1, 0.15) is 5.56 Å². The van der Waals surface area contributed by atoms with Crippen LogP contribution < -0.4 is 0 Å². The third-order valence-corrected chi connectivity index (χ3v) is 2.21. The minimum atomic E-state index is -5.84. The van der Waals surface area contributed by atoms with E-state index < -0.39 is 15.6 Å². The number of alkyl halides is 3. The van der Waals surface area contributed by atoms with Gasteiger partial charge < -0.3 is 0 Å². The SMILES string of the molecule is Cc1ccc(S)cc1.O=S(=O)(O)C(F)(F)F. The molecule has 1 rings (SSSR count). The summed E-state index contributed by atoms with van der Waals surface area (Å²) in [5.41, 5.74) is -4.25. The first-order valence-electron chi connectivity index (χ1n) is 3.83. The third-order valence-electron chi connectivity index (χ3n) is 1.33. The van der Waals surface area contributed by atoms with E-state index in [2.05, 4.69) is 19.6 Å². The van der Waals surface area contributed by atoms with Gasteiger partial charge in [0.05, 0.1) is 0 Å². The van der Waals surface area contributed by atoms with Crippen molar-refractivity contribution in [2.75, 3.05) is 0 Å². The quantitative estimate of drug-likeness (QED) is 0.434. The van der Waals surface area contributed by atoms with Crippen LogP contribution in [0.25, 0.3) is 0 Å². The van der Waals surface area contributed by atoms with Gasteiger partial charge in [0, 0.05) is 4.90 Å². The zero-order chi connectivity index (χ0) is 13.0. The Morgan fingerprint density at radius 3 is 1.69 bits per heavy atom. The maximum atomic E-state index is 10.7. The smallest absolute Gasteiger partial charge is 0.279 e. The van der Waals surface area contributed by atoms with Crippen molar-refractivity contribution in [2.24, 2.45) is 0 Å². The van der Waals surface area contributed by atoms with Gasteiger partial charge in [-0.1, -0.05) is 17.7 Å². The minimum absolute atomic E-state index is 1.02. The Kier molecular flexibility index (Phi) is 5.30. The first kappa shape index (κ1) is 15.3. The molecule has 0 bridgehead atoms. The van der Waals surface area contributed by atoms with Crippen LogP contribution in [0.3, 0.4) is 0 Å². The maximum Gasteiger partial charge on any atom is 0.522 e. The van der Waals surface area contributed by atoms with Gasteiger partial charge >= 0.3 is 15.6 Å². The summed E-state index contributed by atoms with van der Waals surface area (Å²) < 4.78 is 57.5. The van der Waals surface area contributed by atoms with Gasteiger partial charge in [0.1, 0.15) is 0 Å². The predicted molar refractivity (Wildman–Crippen MR) is 56.0 cm³/mol. The Balaban J connectivity index is 0.000000281. The van der Waals surface area contributed by atoms with Gasteiger partial charge in [-0.25, -0.2) is 0 Å². The molecule has 0 radical (unpaired) electrons.